The van der Waals surface area contributed by atoms with Gasteiger partial charge in [0.25, 0.3) is 0 Å². The van der Waals surface area contributed by atoms with Gasteiger partial charge in [-0.1, -0.05) is 0 Å². The normalized spacial score (nSPS) is 10.9. The topological polar surface area (TPSA) is 70.9 Å². The molecule has 2 N–H and O–H groups in total. The lowest BCUT2D eigenvalue weighted by Crippen LogP contribution is -2.03. The smallest absolute Gasteiger partial charge is 0.152 e. The molecule has 0 amide bonds. The molecule has 0 aliphatic heterocycles. The Morgan fingerprint density at radius 3 is 3.18 bits per heavy atom. The molecule has 86 valence electrons. The average molecular weight is 228 g/mol. The number of aromatic amines is 1. The number of fused-ring (bicyclic) bond motifs is 1. The minimum Gasteiger partial charge on any atom is -0.364 e. The lowest BCUT2D eigenvalue weighted by Gasteiger charge is -2.05. The van der Waals surface area contributed by atoms with Gasteiger partial charge >= 0.3 is 0 Å². The van der Waals surface area contributed by atoms with Crippen LogP contribution in [0.5, 0.6) is 0 Å². The van der Waals surface area contributed by atoms with Gasteiger partial charge in [-0.05, 0) is 13.0 Å². The average Bonchev–Trinajstić information content (AvgIpc) is 2.95. The molecule has 0 spiro atoms. The summed E-state index contributed by atoms with van der Waals surface area (Å²) in [6.07, 6.45) is 7.12. The first-order valence-corrected chi connectivity index (χ1v) is 5.35. The Balaban J connectivity index is 1.86. The third kappa shape index (κ3) is 1.73. The Morgan fingerprint density at radius 2 is 2.35 bits per heavy atom. The highest BCUT2D eigenvalue weighted by Gasteiger charge is 2.04. The van der Waals surface area contributed by atoms with Crippen LogP contribution in [0.1, 0.15) is 11.3 Å². The van der Waals surface area contributed by atoms with Crippen LogP contribution in [0, 0.1) is 6.92 Å². The molecule has 0 bridgehead atoms. The van der Waals surface area contributed by atoms with Crippen molar-refractivity contribution in [2.24, 2.45) is 0 Å². The van der Waals surface area contributed by atoms with Crippen LogP contribution in [-0.4, -0.2) is 24.8 Å². The van der Waals surface area contributed by atoms with E-state index < -0.39 is 0 Å². The van der Waals surface area contributed by atoms with Crippen LogP contribution in [0.4, 0.5) is 5.82 Å². The third-order valence-electron chi connectivity index (χ3n) is 2.71. The van der Waals surface area contributed by atoms with Crippen molar-refractivity contribution in [1.29, 1.82) is 0 Å². The van der Waals surface area contributed by atoms with Crippen LogP contribution >= 0.6 is 0 Å². The second kappa shape index (κ2) is 3.89. The minimum absolute atomic E-state index is 0.695. The highest BCUT2D eigenvalue weighted by Crippen LogP contribution is 2.14. The van der Waals surface area contributed by atoms with Crippen molar-refractivity contribution in [1.82, 2.24) is 24.8 Å². The van der Waals surface area contributed by atoms with Gasteiger partial charge in [-0.2, -0.15) is 10.2 Å². The summed E-state index contributed by atoms with van der Waals surface area (Å²) in [6, 6.07) is 1.93. The number of nitrogens with zero attached hydrogens (tertiary/aromatic N) is 4. The van der Waals surface area contributed by atoms with Crippen molar-refractivity contribution >= 4 is 11.3 Å². The quantitative estimate of drug-likeness (QED) is 0.710. The molecule has 0 fully saturated rings. The van der Waals surface area contributed by atoms with Gasteiger partial charge in [-0.15, -0.1) is 0 Å². The fourth-order valence-corrected chi connectivity index (χ4v) is 1.73. The summed E-state index contributed by atoms with van der Waals surface area (Å²) in [5, 5.41) is 14.3. The van der Waals surface area contributed by atoms with Gasteiger partial charge < -0.3 is 5.32 Å². The molecule has 0 aromatic carbocycles. The molecule has 0 aliphatic rings. The molecule has 6 nitrogen and oxygen atoms in total. The highest BCUT2D eigenvalue weighted by atomic mass is 15.2. The van der Waals surface area contributed by atoms with Gasteiger partial charge in [-0.25, -0.2) is 9.50 Å². The van der Waals surface area contributed by atoms with Crippen LogP contribution in [-0.2, 0) is 6.54 Å². The molecule has 3 rings (SSSR count). The van der Waals surface area contributed by atoms with E-state index in [4.69, 9.17) is 0 Å². The molecule has 3 heterocycles. The second-order valence-electron chi connectivity index (χ2n) is 3.81. The van der Waals surface area contributed by atoms with Crippen molar-refractivity contribution in [3.8, 4) is 0 Å². The molecule has 3 aromatic heterocycles. The summed E-state index contributed by atoms with van der Waals surface area (Å²) >= 11 is 0. The van der Waals surface area contributed by atoms with Crippen molar-refractivity contribution in [2.75, 3.05) is 5.32 Å². The number of anilines is 1. The Hall–Kier alpha value is -2.37. The zero-order chi connectivity index (χ0) is 11.7. The fraction of sp³-hybridized carbons (Fsp3) is 0.182. The predicted molar refractivity (Wildman–Crippen MR) is 63.6 cm³/mol. The molecular formula is C11H12N6. The molecule has 17 heavy (non-hydrogen) atoms. The maximum Gasteiger partial charge on any atom is 0.152 e. The number of rotatable bonds is 3. The van der Waals surface area contributed by atoms with E-state index in [-0.39, 0.29) is 0 Å². The SMILES string of the molecule is Cc1[nH]ncc1CNc1nccn2nccc12. The molecule has 0 saturated carbocycles. The first-order chi connectivity index (χ1) is 8.34. The standard InChI is InChI=1S/C11H12N6/c1-8-9(7-14-16-8)6-13-11-10-2-3-15-17(10)5-4-12-11/h2-5,7H,6H2,1H3,(H,12,13)(H,14,16). The van der Waals surface area contributed by atoms with Crippen molar-refractivity contribution in [3.63, 3.8) is 0 Å². The Bertz CT molecular complexity index is 638. The van der Waals surface area contributed by atoms with Crippen LogP contribution in [0.3, 0.4) is 0 Å². The van der Waals surface area contributed by atoms with Crippen molar-refractivity contribution in [3.05, 3.63) is 42.1 Å². The summed E-state index contributed by atoms with van der Waals surface area (Å²) in [6.45, 7) is 2.69. The van der Waals surface area contributed by atoms with Gasteiger partial charge in [0.1, 0.15) is 5.52 Å². The Labute approximate surface area is 97.7 Å². The zero-order valence-corrected chi connectivity index (χ0v) is 9.38. The molecule has 0 aliphatic carbocycles. The van der Waals surface area contributed by atoms with E-state index in [1.807, 2.05) is 25.4 Å². The summed E-state index contributed by atoms with van der Waals surface area (Å²) in [5.74, 6) is 0.825. The minimum atomic E-state index is 0.695. The van der Waals surface area contributed by atoms with E-state index in [1.165, 1.54) is 0 Å². The largest absolute Gasteiger partial charge is 0.364 e. The van der Waals surface area contributed by atoms with Gasteiger partial charge in [0, 0.05) is 30.2 Å². The van der Waals surface area contributed by atoms with Crippen molar-refractivity contribution in [2.45, 2.75) is 13.5 Å². The lowest BCUT2D eigenvalue weighted by molar-refractivity contribution is 0.941. The first-order valence-electron chi connectivity index (χ1n) is 5.35. The maximum absolute atomic E-state index is 4.31. The fourth-order valence-electron chi connectivity index (χ4n) is 1.73. The van der Waals surface area contributed by atoms with E-state index in [1.54, 1.807) is 16.9 Å². The van der Waals surface area contributed by atoms with Gasteiger partial charge in [-0.3, -0.25) is 5.10 Å². The number of aryl methyl sites for hydroxylation is 1. The summed E-state index contributed by atoms with van der Waals surface area (Å²) in [5.41, 5.74) is 3.17. The maximum atomic E-state index is 4.31. The third-order valence-corrected chi connectivity index (χ3v) is 2.71. The van der Waals surface area contributed by atoms with Crippen LogP contribution < -0.4 is 5.32 Å². The highest BCUT2D eigenvalue weighted by molar-refractivity contribution is 5.66. The molecule has 0 unspecified atom stereocenters. The number of hydrogen-bond donors (Lipinski definition) is 2. The summed E-state index contributed by atoms with van der Waals surface area (Å²) in [7, 11) is 0. The zero-order valence-electron chi connectivity index (χ0n) is 9.38. The Kier molecular flexibility index (Phi) is 2.25. The monoisotopic (exact) mass is 228 g/mol. The summed E-state index contributed by atoms with van der Waals surface area (Å²) in [4.78, 5) is 4.31. The second-order valence-corrected chi connectivity index (χ2v) is 3.81. The Morgan fingerprint density at radius 1 is 1.41 bits per heavy atom. The summed E-state index contributed by atoms with van der Waals surface area (Å²) < 4.78 is 1.79. The number of nitrogens with one attached hydrogen (secondary N) is 2. The molecule has 0 saturated heterocycles. The molecular weight excluding hydrogens is 216 g/mol. The molecule has 3 aromatic rings. The number of hydrogen-bond acceptors (Lipinski definition) is 4. The van der Waals surface area contributed by atoms with E-state index >= 15 is 0 Å². The van der Waals surface area contributed by atoms with E-state index in [9.17, 15) is 0 Å². The van der Waals surface area contributed by atoms with E-state index in [2.05, 4.69) is 25.6 Å². The molecule has 0 radical (unpaired) electrons. The van der Waals surface area contributed by atoms with Crippen LogP contribution in [0.15, 0.2) is 30.9 Å². The first kappa shape index (κ1) is 9.83. The van der Waals surface area contributed by atoms with E-state index in [0.29, 0.717) is 6.54 Å². The van der Waals surface area contributed by atoms with Crippen LogP contribution in [0.2, 0.25) is 0 Å². The van der Waals surface area contributed by atoms with Gasteiger partial charge in [0.05, 0.1) is 12.4 Å². The van der Waals surface area contributed by atoms with Gasteiger partial charge in [0.15, 0.2) is 5.82 Å². The molecule has 0 atom stereocenters. The van der Waals surface area contributed by atoms with E-state index in [0.717, 1.165) is 22.6 Å². The van der Waals surface area contributed by atoms with Crippen molar-refractivity contribution < 1.29 is 0 Å². The van der Waals surface area contributed by atoms with Gasteiger partial charge in [0.2, 0.25) is 0 Å². The number of aromatic nitrogens is 5. The number of H-pyrrole nitrogens is 1. The molecule has 6 heteroatoms. The lowest BCUT2D eigenvalue weighted by atomic mass is 10.2. The van der Waals surface area contributed by atoms with Crippen LogP contribution in [0.25, 0.3) is 5.52 Å². The predicted octanol–water partition coefficient (Wildman–Crippen LogP) is 1.37.